The summed E-state index contributed by atoms with van der Waals surface area (Å²) in [5, 5.41) is 6.89. The monoisotopic (exact) mass is 421 g/mol. The molecule has 0 bridgehead atoms. The molecule has 0 saturated heterocycles. The zero-order valence-electron chi connectivity index (χ0n) is 16.0. The number of methoxy groups -OCH3 is 1. The number of rotatable bonds is 6. The number of ether oxygens (including phenoxy) is 1. The van der Waals surface area contributed by atoms with Crippen LogP contribution in [-0.4, -0.2) is 23.0 Å². The highest BCUT2D eigenvalue weighted by Crippen LogP contribution is 2.31. The maximum absolute atomic E-state index is 13.1. The summed E-state index contributed by atoms with van der Waals surface area (Å²) in [6.07, 6.45) is 0.612. The van der Waals surface area contributed by atoms with Gasteiger partial charge in [-0.05, 0) is 19.1 Å². The molecule has 1 amide bonds. The number of anilines is 1. The molecule has 0 spiro atoms. The van der Waals surface area contributed by atoms with E-state index in [1.54, 1.807) is 24.5 Å². The Labute approximate surface area is 177 Å². The molecule has 0 unspecified atom stereocenters. The number of hydrogen-bond acceptors (Lipinski definition) is 6. The second-order valence-corrected chi connectivity index (χ2v) is 8.52. The number of aryl methyl sites for hydroxylation is 1. The molecule has 0 aliphatic rings. The fraction of sp³-hybridized carbons (Fsp3) is 0.136. The summed E-state index contributed by atoms with van der Waals surface area (Å²) in [7, 11) is 1.60. The van der Waals surface area contributed by atoms with Gasteiger partial charge in [0.2, 0.25) is 0 Å². The molecule has 0 atom stereocenters. The molecule has 0 aliphatic heterocycles. The van der Waals surface area contributed by atoms with Gasteiger partial charge in [0.25, 0.3) is 5.91 Å². The van der Waals surface area contributed by atoms with E-state index in [-0.39, 0.29) is 5.91 Å². The number of nitrogens with zero attached hydrogens (tertiary/aromatic N) is 2. The van der Waals surface area contributed by atoms with Crippen molar-refractivity contribution in [2.45, 2.75) is 13.3 Å². The molecule has 7 heteroatoms. The van der Waals surface area contributed by atoms with Crippen LogP contribution in [0.25, 0.3) is 11.3 Å². The first kappa shape index (κ1) is 19.3. The van der Waals surface area contributed by atoms with Crippen molar-refractivity contribution in [1.82, 2.24) is 9.97 Å². The molecule has 29 heavy (non-hydrogen) atoms. The third-order valence-electron chi connectivity index (χ3n) is 4.25. The van der Waals surface area contributed by atoms with Gasteiger partial charge in [-0.2, -0.15) is 0 Å². The fourth-order valence-corrected chi connectivity index (χ4v) is 4.53. The topological polar surface area (TPSA) is 64.1 Å². The highest BCUT2D eigenvalue weighted by atomic mass is 32.1. The minimum atomic E-state index is -0.185. The van der Waals surface area contributed by atoms with Gasteiger partial charge in [0.15, 0.2) is 0 Å². The van der Waals surface area contributed by atoms with Crippen molar-refractivity contribution < 1.29 is 9.53 Å². The molecule has 0 radical (unpaired) electrons. The molecular weight excluding hydrogens is 402 g/mol. The molecule has 5 nitrogen and oxygen atoms in total. The Morgan fingerprint density at radius 1 is 1.10 bits per heavy atom. The van der Waals surface area contributed by atoms with E-state index < -0.39 is 0 Å². The van der Waals surface area contributed by atoms with Crippen LogP contribution < -0.4 is 10.1 Å². The van der Waals surface area contributed by atoms with Gasteiger partial charge in [-0.25, -0.2) is 9.97 Å². The summed E-state index contributed by atoms with van der Waals surface area (Å²) in [6.45, 7) is 1.98. The van der Waals surface area contributed by atoms with Crippen molar-refractivity contribution in [1.29, 1.82) is 0 Å². The van der Waals surface area contributed by atoms with Gasteiger partial charge in [-0.1, -0.05) is 36.4 Å². The Morgan fingerprint density at radius 2 is 1.93 bits per heavy atom. The highest BCUT2D eigenvalue weighted by molar-refractivity contribution is 7.14. The van der Waals surface area contributed by atoms with Gasteiger partial charge in [0.05, 0.1) is 23.5 Å². The van der Waals surface area contributed by atoms with Crippen LogP contribution in [0.1, 0.15) is 25.4 Å². The molecule has 0 fully saturated rings. The van der Waals surface area contributed by atoms with Crippen molar-refractivity contribution in [2.24, 2.45) is 0 Å². The van der Waals surface area contributed by atoms with Crippen molar-refractivity contribution >= 4 is 34.3 Å². The van der Waals surface area contributed by atoms with Crippen LogP contribution in [0.15, 0.2) is 60.0 Å². The number of benzene rings is 2. The highest BCUT2D eigenvalue weighted by Gasteiger charge is 2.20. The lowest BCUT2D eigenvalue weighted by Crippen LogP contribution is -2.11. The van der Waals surface area contributed by atoms with E-state index in [2.05, 4.69) is 10.3 Å². The van der Waals surface area contributed by atoms with Crippen LogP contribution in [0, 0.1) is 6.92 Å². The number of carbonyl (C=O) groups excluding carboxylic acids is 1. The van der Waals surface area contributed by atoms with Crippen LogP contribution in [-0.2, 0) is 6.42 Å². The third kappa shape index (κ3) is 4.52. The van der Waals surface area contributed by atoms with Crippen LogP contribution in [0.3, 0.4) is 0 Å². The van der Waals surface area contributed by atoms with Crippen molar-refractivity contribution in [3.05, 3.63) is 80.6 Å². The summed E-state index contributed by atoms with van der Waals surface area (Å²) in [6, 6.07) is 17.1. The Kier molecular flexibility index (Phi) is 5.69. The van der Waals surface area contributed by atoms with E-state index >= 15 is 0 Å². The quantitative estimate of drug-likeness (QED) is 0.451. The number of thiazole rings is 2. The maximum Gasteiger partial charge on any atom is 0.268 e. The molecule has 2 aromatic carbocycles. The predicted molar refractivity (Wildman–Crippen MR) is 118 cm³/mol. The second kappa shape index (κ2) is 8.55. The first-order valence-electron chi connectivity index (χ1n) is 9.04. The summed E-state index contributed by atoms with van der Waals surface area (Å²) >= 11 is 3.02. The summed E-state index contributed by atoms with van der Waals surface area (Å²) in [4.78, 5) is 23.0. The van der Waals surface area contributed by atoms with Gasteiger partial charge < -0.3 is 10.1 Å². The van der Waals surface area contributed by atoms with Crippen molar-refractivity contribution in [3.63, 3.8) is 0 Å². The predicted octanol–water partition coefficient (Wildman–Crippen LogP) is 5.43. The molecule has 4 aromatic rings. The zero-order valence-corrected chi connectivity index (χ0v) is 17.6. The van der Waals surface area contributed by atoms with Crippen LogP contribution >= 0.6 is 22.7 Å². The van der Waals surface area contributed by atoms with Crippen LogP contribution in [0.5, 0.6) is 5.75 Å². The first-order chi connectivity index (χ1) is 14.1. The Hall–Kier alpha value is -3.03. The van der Waals surface area contributed by atoms with E-state index in [0.717, 1.165) is 21.3 Å². The number of aromatic nitrogens is 2. The molecule has 0 saturated carbocycles. The lowest BCUT2D eigenvalue weighted by molar-refractivity contribution is 0.103. The van der Waals surface area contributed by atoms with Gasteiger partial charge in [-0.15, -0.1) is 22.7 Å². The SMILES string of the molecule is COc1cccc(NC(=O)c2sc(Cc3csc(C)n3)nc2-c2ccccc2)c1. The molecule has 2 aromatic heterocycles. The van der Waals surface area contributed by atoms with Gasteiger partial charge in [-0.3, -0.25) is 4.79 Å². The second-order valence-electron chi connectivity index (χ2n) is 6.37. The molecule has 0 aliphatic carbocycles. The Bertz CT molecular complexity index is 1140. The van der Waals surface area contributed by atoms with Gasteiger partial charge in [0.1, 0.15) is 15.6 Å². The summed E-state index contributed by atoms with van der Waals surface area (Å²) in [5.41, 5.74) is 3.26. The van der Waals surface area contributed by atoms with E-state index in [0.29, 0.717) is 28.4 Å². The lowest BCUT2D eigenvalue weighted by Gasteiger charge is -2.07. The fourth-order valence-electron chi connectivity index (χ4n) is 2.92. The minimum absolute atomic E-state index is 0.185. The van der Waals surface area contributed by atoms with Gasteiger partial charge in [0, 0.05) is 29.1 Å². The Morgan fingerprint density at radius 3 is 2.66 bits per heavy atom. The molecule has 1 N–H and O–H groups in total. The van der Waals surface area contributed by atoms with Crippen LogP contribution in [0.2, 0.25) is 0 Å². The van der Waals surface area contributed by atoms with Crippen LogP contribution in [0.4, 0.5) is 5.69 Å². The maximum atomic E-state index is 13.1. The lowest BCUT2D eigenvalue weighted by atomic mass is 10.1. The zero-order chi connectivity index (χ0) is 20.2. The summed E-state index contributed by atoms with van der Waals surface area (Å²) < 4.78 is 5.24. The standard InChI is InChI=1S/C22H19N3O2S2/c1-14-23-17(13-28-14)12-19-25-20(15-7-4-3-5-8-15)21(29-19)22(26)24-16-9-6-10-18(11-16)27-2/h3-11,13H,12H2,1-2H3,(H,24,26). The number of amides is 1. The third-order valence-corrected chi connectivity index (χ3v) is 6.13. The van der Waals surface area contributed by atoms with E-state index in [4.69, 9.17) is 9.72 Å². The average molecular weight is 422 g/mol. The molecule has 4 rings (SSSR count). The van der Waals surface area contributed by atoms with Crippen molar-refractivity contribution in [2.75, 3.05) is 12.4 Å². The average Bonchev–Trinajstić information content (AvgIpc) is 3.35. The normalized spacial score (nSPS) is 10.7. The number of carbonyl (C=O) groups is 1. The van der Waals surface area contributed by atoms with E-state index in [1.807, 2.05) is 60.8 Å². The molecular formula is C22H19N3O2S2. The van der Waals surface area contributed by atoms with E-state index in [9.17, 15) is 4.79 Å². The smallest absolute Gasteiger partial charge is 0.268 e. The number of nitrogens with one attached hydrogen (secondary N) is 1. The van der Waals surface area contributed by atoms with E-state index in [1.165, 1.54) is 11.3 Å². The number of hydrogen-bond donors (Lipinski definition) is 1. The van der Waals surface area contributed by atoms with Gasteiger partial charge >= 0.3 is 0 Å². The minimum Gasteiger partial charge on any atom is -0.497 e. The molecule has 146 valence electrons. The van der Waals surface area contributed by atoms with Crippen molar-refractivity contribution in [3.8, 4) is 17.0 Å². The first-order valence-corrected chi connectivity index (χ1v) is 10.7. The molecule has 2 heterocycles. The largest absolute Gasteiger partial charge is 0.497 e. The summed E-state index contributed by atoms with van der Waals surface area (Å²) in [5.74, 6) is 0.505. The Balaban J connectivity index is 1.67.